The first-order chi connectivity index (χ1) is 18.9. The number of thioether (sulfide) groups is 1. The number of nitrogens with zero attached hydrogens (tertiary/aromatic N) is 3. The van der Waals surface area contributed by atoms with Crippen LogP contribution in [-0.2, 0) is 27.5 Å². The highest BCUT2D eigenvalue weighted by Crippen LogP contribution is 2.45. The van der Waals surface area contributed by atoms with Gasteiger partial charge in [0.1, 0.15) is 6.61 Å². The van der Waals surface area contributed by atoms with Crippen LogP contribution in [0.25, 0.3) is 0 Å². The molecule has 7 nitrogen and oxygen atoms in total. The van der Waals surface area contributed by atoms with Crippen LogP contribution in [0, 0.1) is 13.8 Å². The van der Waals surface area contributed by atoms with Gasteiger partial charge in [0.05, 0.1) is 23.7 Å². The number of rotatable bonds is 8. The van der Waals surface area contributed by atoms with E-state index in [-0.39, 0.29) is 18.9 Å². The molecule has 3 aromatic rings. The second-order valence-corrected chi connectivity index (χ2v) is 10.5. The van der Waals surface area contributed by atoms with Crippen molar-refractivity contribution >= 4 is 28.8 Å². The van der Waals surface area contributed by atoms with E-state index in [4.69, 9.17) is 9.73 Å². The molecular weight excluding hydrogens is 508 g/mol. The molecule has 2 aliphatic rings. The van der Waals surface area contributed by atoms with Crippen molar-refractivity contribution < 1.29 is 14.3 Å². The third-order valence-corrected chi connectivity index (χ3v) is 7.63. The zero-order valence-corrected chi connectivity index (χ0v) is 23.0. The van der Waals surface area contributed by atoms with Gasteiger partial charge in [-0.05, 0) is 60.6 Å². The number of esters is 1. The van der Waals surface area contributed by atoms with Gasteiger partial charge in [0.25, 0.3) is 0 Å². The summed E-state index contributed by atoms with van der Waals surface area (Å²) in [5.41, 5.74) is 6.90. The Balaban J connectivity index is 1.43. The van der Waals surface area contributed by atoms with E-state index in [1.54, 1.807) is 12.4 Å². The Morgan fingerprint density at radius 1 is 1.00 bits per heavy atom. The summed E-state index contributed by atoms with van der Waals surface area (Å²) in [6.45, 7) is 6.51. The highest BCUT2D eigenvalue weighted by molar-refractivity contribution is 8.16. The van der Waals surface area contributed by atoms with Gasteiger partial charge in [-0.2, -0.15) is 0 Å². The summed E-state index contributed by atoms with van der Waals surface area (Å²) in [7, 11) is 0. The maximum absolute atomic E-state index is 13.7. The molecule has 5 rings (SSSR count). The monoisotopic (exact) mass is 538 g/mol. The maximum atomic E-state index is 13.7. The molecule has 0 saturated carbocycles. The van der Waals surface area contributed by atoms with Gasteiger partial charge in [-0.1, -0.05) is 65.9 Å². The third-order valence-electron chi connectivity index (χ3n) is 6.74. The molecule has 1 atom stereocenters. The first kappa shape index (κ1) is 26.4. The lowest BCUT2D eigenvalue weighted by molar-refractivity contribution is -0.141. The Morgan fingerprint density at radius 3 is 2.54 bits per heavy atom. The number of aromatic nitrogens is 1. The Morgan fingerprint density at radius 2 is 1.77 bits per heavy atom. The van der Waals surface area contributed by atoms with Crippen LogP contribution in [-0.4, -0.2) is 26.9 Å². The number of amides is 1. The van der Waals surface area contributed by atoms with E-state index < -0.39 is 12.0 Å². The van der Waals surface area contributed by atoms with Crippen LogP contribution in [0.2, 0.25) is 0 Å². The van der Waals surface area contributed by atoms with Gasteiger partial charge < -0.3 is 15.0 Å². The standard InChI is InChI=1S/C31H30N4O3S/c1-20-9-10-21(2)26(15-20)29-28(30(37)38-18-24-7-5-4-6-8-24)22(3)34-31-35(29)25(19-39-31)16-27(36)33-17-23-11-13-32-14-12-23/h4-15,19,29H,16-18H2,1-3H3,(H,33,36)/t29-/m1/s1. The fourth-order valence-electron chi connectivity index (χ4n) is 4.71. The molecule has 3 heterocycles. The summed E-state index contributed by atoms with van der Waals surface area (Å²) in [4.78, 5) is 37.5. The largest absolute Gasteiger partial charge is 0.457 e. The molecule has 1 amide bonds. The summed E-state index contributed by atoms with van der Waals surface area (Å²) in [5.74, 6) is -0.525. The lowest BCUT2D eigenvalue weighted by Gasteiger charge is -2.37. The van der Waals surface area contributed by atoms with Crippen LogP contribution in [0.1, 0.15) is 47.2 Å². The number of pyridine rings is 1. The number of amidine groups is 1. The SMILES string of the molecule is CC1=C(C(=O)OCc2ccccc2)[C@@H](c2cc(C)ccc2C)N2C(CC(=O)NCc3ccncc3)=CSC2=N1. The molecular formula is C31H30N4O3S. The van der Waals surface area contributed by atoms with Crippen molar-refractivity contribution in [3.05, 3.63) is 123 Å². The highest BCUT2D eigenvalue weighted by atomic mass is 32.2. The van der Waals surface area contributed by atoms with Crippen LogP contribution < -0.4 is 5.32 Å². The number of ether oxygens (including phenoxy) is 1. The molecule has 0 spiro atoms. The zero-order chi connectivity index (χ0) is 27.4. The van der Waals surface area contributed by atoms with Crippen LogP contribution in [0.4, 0.5) is 0 Å². The number of hydrogen-bond donors (Lipinski definition) is 1. The molecule has 39 heavy (non-hydrogen) atoms. The normalized spacial score (nSPS) is 16.4. The Hall–Kier alpha value is -4.17. The van der Waals surface area contributed by atoms with Crippen LogP contribution in [0.5, 0.6) is 0 Å². The Bertz CT molecular complexity index is 1480. The number of carbonyl (C=O) groups is 2. The number of nitrogens with one attached hydrogen (secondary N) is 1. The summed E-state index contributed by atoms with van der Waals surface area (Å²) in [5, 5.41) is 5.69. The summed E-state index contributed by atoms with van der Waals surface area (Å²) >= 11 is 1.47. The van der Waals surface area contributed by atoms with E-state index in [9.17, 15) is 9.59 Å². The average Bonchev–Trinajstić information content (AvgIpc) is 3.34. The van der Waals surface area contributed by atoms with E-state index in [1.807, 2.05) is 73.5 Å². The molecule has 0 radical (unpaired) electrons. The van der Waals surface area contributed by atoms with Crippen LogP contribution in [0.15, 0.2) is 100 Å². The lowest BCUT2D eigenvalue weighted by atomic mass is 9.90. The van der Waals surface area contributed by atoms with E-state index >= 15 is 0 Å². The average molecular weight is 539 g/mol. The Labute approximate surface area is 232 Å². The number of allylic oxidation sites excluding steroid dienone is 1. The van der Waals surface area contributed by atoms with Crippen molar-refractivity contribution in [2.24, 2.45) is 4.99 Å². The van der Waals surface area contributed by atoms with Gasteiger partial charge >= 0.3 is 5.97 Å². The topological polar surface area (TPSA) is 83.9 Å². The van der Waals surface area contributed by atoms with Crippen molar-refractivity contribution in [1.82, 2.24) is 15.2 Å². The van der Waals surface area contributed by atoms with Crippen molar-refractivity contribution in [3.63, 3.8) is 0 Å². The van der Waals surface area contributed by atoms with Gasteiger partial charge in [-0.3, -0.25) is 9.78 Å². The smallest absolute Gasteiger partial charge is 0.338 e. The predicted molar refractivity (Wildman–Crippen MR) is 153 cm³/mol. The maximum Gasteiger partial charge on any atom is 0.338 e. The molecule has 2 aliphatic heterocycles. The fraction of sp³-hybridized carbons (Fsp3) is 0.226. The second-order valence-electron chi connectivity index (χ2n) is 9.62. The van der Waals surface area contributed by atoms with Crippen molar-refractivity contribution in [1.29, 1.82) is 0 Å². The predicted octanol–water partition coefficient (Wildman–Crippen LogP) is 5.72. The molecule has 0 saturated heterocycles. The summed E-state index contributed by atoms with van der Waals surface area (Å²) < 4.78 is 5.81. The molecule has 1 N–H and O–H groups in total. The molecule has 0 bridgehead atoms. The van der Waals surface area contributed by atoms with E-state index in [1.165, 1.54) is 11.8 Å². The van der Waals surface area contributed by atoms with Crippen LogP contribution in [0.3, 0.4) is 0 Å². The number of aryl methyl sites for hydroxylation is 2. The molecule has 1 aromatic heterocycles. The van der Waals surface area contributed by atoms with E-state index in [2.05, 4.69) is 28.5 Å². The third kappa shape index (κ3) is 5.96. The highest BCUT2D eigenvalue weighted by Gasteiger charge is 2.41. The van der Waals surface area contributed by atoms with Crippen LogP contribution >= 0.6 is 11.8 Å². The fourth-order valence-corrected chi connectivity index (χ4v) is 5.67. The number of carbonyl (C=O) groups excluding carboxylic acids is 2. The van der Waals surface area contributed by atoms with Crippen molar-refractivity contribution in [2.75, 3.05) is 0 Å². The molecule has 198 valence electrons. The van der Waals surface area contributed by atoms with Gasteiger partial charge in [0.15, 0.2) is 5.17 Å². The van der Waals surface area contributed by atoms with Gasteiger partial charge in [-0.15, -0.1) is 0 Å². The second kappa shape index (κ2) is 11.7. The Kier molecular flexibility index (Phi) is 7.93. The molecule has 0 aliphatic carbocycles. The molecule has 0 unspecified atom stereocenters. The number of fused-ring (bicyclic) bond motifs is 1. The molecule has 0 fully saturated rings. The number of aliphatic imine (C=N–C) groups is 1. The first-order valence-electron chi connectivity index (χ1n) is 12.8. The summed E-state index contributed by atoms with van der Waals surface area (Å²) in [6.07, 6.45) is 3.57. The molecule has 2 aromatic carbocycles. The molecule has 8 heteroatoms. The minimum atomic E-state index is -0.463. The quantitative estimate of drug-likeness (QED) is 0.369. The number of hydrogen-bond acceptors (Lipinski definition) is 7. The number of benzene rings is 2. The summed E-state index contributed by atoms with van der Waals surface area (Å²) in [6, 6.07) is 19.1. The van der Waals surface area contributed by atoms with Crippen molar-refractivity contribution in [2.45, 2.75) is 46.4 Å². The van der Waals surface area contributed by atoms with E-state index in [0.29, 0.717) is 17.8 Å². The van der Waals surface area contributed by atoms with Gasteiger partial charge in [0, 0.05) is 24.6 Å². The zero-order valence-electron chi connectivity index (χ0n) is 22.2. The van der Waals surface area contributed by atoms with Crippen molar-refractivity contribution in [3.8, 4) is 0 Å². The first-order valence-corrected chi connectivity index (χ1v) is 13.7. The van der Waals surface area contributed by atoms with Gasteiger partial charge in [-0.25, -0.2) is 9.79 Å². The van der Waals surface area contributed by atoms with Gasteiger partial charge in [0.2, 0.25) is 5.91 Å². The van der Waals surface area contributed by atoms with E-state index in [0.717, 1.165) is 38.7 Å². The minimum absolute atomic E-state index is 0.112. The lowest BCUT2D eigenvalue weighted by Crippen LogP contribution is -2.38. The minimum Gasteiger partial charge on any atom is -0.457 e.